The van der Waals surface area contributed by atoms with Gasteiger partial charge in [-0.05, 0) is 73.7 Å². The van der Waals surface area contributed by atoms with Crippen LogP contribution in [-0.4, -0.2) is 60.4 Å². The molecule has 0 aromatic heterocycles. The third kappa shape index (κ3) is 4.11. The molecule has 1 atom stereocenters. The average molecular weight is 434 g/mol. The lowest BCUT2D eigenvalue weighted by atomic mass is 9.97. The highest BCUT2D eigenvalue weighted by molar-refractivity contribution is 5.97. The summed E-state index contributed by atoms with van der Waals surface area (Å²) >= 11 is 0. The standard InChI is InChI=1S/C26H31N3O3/c1-27-25(30)18-6-8-22(9-7-18)32-23-10-11-24-19(16-23)12-15-29(26(24)31)21-13-14-28(17-21)20-4-2-3-5-20/h6-11,16,20-21H,2-5,12-15,17H2,1H3,(H,27,30)/t21-/m0/s1. The highest BCUT2D eigenvalue weighted by atomic mass is 16.5. The molecule has 2 aromatic rings. The van der Waals surface area contributed by atoms with E-state index in [0.717, 1.165) is 49.6 Å². The van der Waals surface area contributed by atoms with Gasteiger partial charge in [-0.15, -0.1) is 0 Å². The third-order valence-electron chi connectivity index (χ3n) is 7.25. The summed E-state index contributed by atoms with van der Waals surface area (Å²) in [4.78, 5) is 29.7. The molecule has 168 valence electrons. The van der Waals surface area contributed by atoms with Crippen LogP contribution in [-0.2, 0) is 6.42 Å². The van der Waals surface area contributed by atoms with Crippen LogP contribution in [0.3, 0.4) is 0 Å². The van der Waals surface area contributed by atoms with Crippen LogP contribution >= 0.6 is 0 Å². The van der Waals surface area contributed by atoms with E-state index in [4.69, 9.17) is 4.74 Å². The number of nitrogens with zero attached hydrogens (tertiary/aromatic N) is 2. The summed E-state index contributed by atoms with van der Waals surface area (Å²) in [5, 5.41) is 2.61. The molecule has 0 unspecified atom stereocenters. The van der Waals surface area contributed by atoms with Gasteiger partial charge in [0.15, 0.2) is 0 Å². The maximum absolute atomic E-state index is 13.3. The Morgan fingerprint density at radius 3 is 2.47 bits per heavy atom. The summed E-state index contributed by atoms with van der Waals surface area (Å²) in [5.74, 6) is 1.42. The van der Waals surface area contributed by atoms with Crippen LogP contribution in [0.4, 0.5) is 0 Å². The van der Waals surface area contributed by atoms with Gasteiger partial charge in [0, 0.05) is 49.9 Å². The van der Waals surface area contributed by atoms with Crippen molar-refractivity contribution < 1.29 is 14.3 Å². The van der Waals surface area contributed by atoms with Crippen molar-refractivity contribution in [3.63, 3.8) is 0 Å². The Labute approximate surface area is 189 Å². The second-order valence-corrected chi connectivity index (χ2v) is 9.15. The lowest BCUT2D eigenvalue weighted by molar-refractivity contribution is 0.0658. The molecule has 2 heterocycles. The first-order chi connectivity index (χ1) is 15.6. The van der Waals surface area contributed by atoms with Crippen LogP contribution in [0, 0.1) is 0 Å². The number of ether oxygens (including phenoxy) is 1. The van der Waals surface area contributed by atoms with Crippen LogP contribution in [0.15, 0.2) is 42.5 Å². The maximum atomic E-state index is 13.3. The maximum Gasteiger partial charge on any atom is 0.254 e. The van der Waals surface area contributed by atoms with Gasteiger partial charge in [-0.2, -0.15) is 0 Å². The van der Waals surface area contributed by atoms with Gasteiger partial charge in [-0.25, -0.2) is 0 Å². The van der Waals surface area contributed by atoms with Crippen molar-refractivity contribution >= 4 is 11.8 Å². The molecule has 1 saturated heterocycles. The predicted octanol–water partition coefficient (Wildman–Crippen LogP) is 3.85. The average Bonchev–Trinajstić information content (AvgIpc) is 3.51. The molecule has 6 heteroatoms. The first-order valence-electron chi connectivity index (χ1n) is 11.8. The van der Waals surface area contributed by atoms with Crippen molar-refractivity contribution in [2.75, 3.05) is 26.7 Å². The van der Waals surface area contributed by atoms with Crippen molar-refractivity contribution in [3.8, 4) is 11.5 Å². The minimum Gasteiger partial charge on any atom is -0.457 e. The van der Waals surface area contributed by atoms with Crippen molar-refractivity contribution in [3.05, 3.63) is 59.2 Å². The lowest BCUT2D eigenvalue weighted by Crippen LogP contribution is -2.46. The van der Waals surface area contributed by atoms with Crippen molar-refractivity contribution in [2.45, 2.75) is 50.6 Å². The molecule has 3 aliphatic rings. The molecule has 2 aliphatic heterocycles. The van der Waals surface area contributed by atoms with E-state index in [9.17, 15) is 9.59 Å². The van der Waals surface area contributed by atoms with Gasteiger partial charge < -0.3 is 15.0 Å². The van der Waals surface area contributed by atoms with E-state index in [1.165, 1.54) is 25.7 Å². The number of carbonyl (C=O) groups is 2. The van der Waals surface area contributed by atoms with Gasteiger partial charge in [0.25, 0.3) is 11.8 Å². The first-order valence-corrected chi connectivity index (χ1v) is 11.8. The van der Waals surface area contributed by atoms with Gasteiger partial charge in [0.05, 0.1) is 0 Å². The Balaban J connectivity index is 1.24. The second kappa shape index (κ2) is 8.94. The van der Waals surface area contributed by atoms with Gasteiger partial charge in [-0.3, -0.25) is 14.5 Å². The topological polar surface area (TPSA) is 61.9 Å². The second-order valence-electron chi connectivity index (χ2n) is 9.15. The van der Waals surface area contributed by atoms with Crippen LogP contribution in [0.2, 0.25) is 0 Å². The summed E-state index contributed by atoms with van der Waals surface area (Å²) in [6.07, 6.45) is 7.29. The van der Waals surface area contributed by atoms with E-state index in [-0.39, 0.29) is 11.8 Å². The molecule has 32 heavy (non-hydrogen) atoms. The summed E-state index contributed by atoms with van der Waals surface area (Å²) < 4.78 is 5.98. The number of likely N-dealkylation sites (tertiary alicyclic amines) is 1. The Bertz CT molecular complexity index is 998. The number of benzene rings is 2. The summed E-state index contributed by atoms with van der Waals surface area (Å²) in [6.45, 7) is 2.93. The van der Waals surface area contributed by atoms with Crippen LogP contribution in [0.25, 0.3) is 0 Å². The Kier molecular flexibility index (Phi) is 5.87. The van der Waals surface area contributed by atoms with Crippen LogP contribution in [0.1, 0.15) is 58.4 Å². The van der Waals surface area contributed by atoms with E-state index in [2.05, 4.69) is 15.1 Å². The van der Waals surface area contributed by atoms with Crippen molar-refractivity contribution in [1.82, 2.24) is 15.1 Å². The normalized spacial score (nSPS) is 21.6. The zero-order valence-electron chi connectivity index (χ0n) is 18.7. The van der Waals surface area contributed by atoms with E-state index in [1.54, 1.807) is 31.3 Å². The third-order valence-corrected chi connectivity index (χ3v) is 7.25. The number of hydrogen-bond acceptors (Lipinski definition) is 4. The number of fused-ring (bicyclic) bond motifs is 1. The monoisotopic (exact) mass is 433 g/mol. The SMILES string of the molecule is CNC(=O)c1ccc(Oc2ccc3c(c2)CCN([C@H]2CCN(C4CCCC4)C2)C3=O)cc1. The van der Waals surface area contributed by atoms with E-state index in [1.807, 2.05) is 18.2 Å². The molecule has 0 bridgehead atoms. The fraction of sp³-hybridized carbons (Fsp3) is 0.462. The molecule has 1 aliphatic carbocycles. The van der Waals surface area contributed by atoms with Crippen molar-refractivity contribution in [2.24, 2.45) is 0 Å². The van der Waals surface area contributed by atoms with E-state index in [0.29, 0.717) is 23.1 Å². The largest absolute Gasteiger partial charge is 0.457 e. The number of amides is 2. The number of carbonyl (C=O) groups excluding carboxylic acids is 2. The first kappa shape index (κ1) is 21.0. The molecular formula is C26H31N3O3. The highest BCUT2D eigenvalue weighted by Crippen LogP contribution is 2.32. The zero-order valence-corrected chi connectivity index (χ0v) is 18.7. The van der Waals surface area contributed by atoms with Crippen LogP contribution in [0.5, 0.6) is 11.5 Å². The summed E-state index contributed by atoms with van der Waals surface area (Å²) in [7, 11) is 1.61. The molecule has 5 rings (SSSR count). The van der Waals surface area contributed by atoms with E-state index >= 15 is 0 Å². The Morgan fingerprint density at radius 2 is 1.72 bits per heavy atom. The molecular weight excluding hydrogens is 402 g/mol. The minimum atomic E-state index is -0.123. The quantitative estimate of drug-likeness (QED) is 0.778. The smallest absolute Gasteiger partial charge is 0.254 e. The fourth-order valence-corrected chi connectivity index (χ4v) is 5.47. The number of hydrogen-bond donors (Lipinski definition) is 1. The fourth-order valence-electron chi connectivity index (χ4n) is 5.47. The zero-order chi connectivity index (χ0) is 22.1. The molecule has 2 aromatic carbocycles. The summed E-state index contributed by atoms with van der Waals surface area (Å²) in [6, 6.07) is 13.9. The molecule has 0 spiro atoms. The molecule has 0 radical (unpaired) electrons. The van der Waals surface area contributed by atoms with Gasteiger partial charge in [0.1, 0.15) is 11.5 Å². The van der Waals surface area contributed by atoms with Crippen molar-refractivity contribution in [1.29, 1.82) is 0 Å². The molecule has 2 amide bonds. The predicted molar refractivity (Wildman–Crippen MR) is 123 cm³/mol. The molecule has 1 N–H and O–H groups in total. The Hall–Kier alpha value is -2.86. The minimum absolute atomic E-state index is 0.123. The molecule has 1 saturated carbocycles. The van der Waals surface area contributed by atoms with E-state index < -0.39 is 0 Å². The Morgan fingerprint density at radius 1 is 0.969 bits per heavy atom. The summed E-state index contributed by atoms with van der Waals surface area (Å²) in [5.41, 5.74) is 2.45. The molecule has 6 nitrogen and oxygen atoms in total. The molecule has 2 fully saturated rings. The highest BCUT2D eigenvalue weighted by Gasteiger charge is 2.36. The van der Waals surface area contributed by atoms with Gasteiger partial charge in [-0.1, -0.05) is 12.8 Å². The van der Waals surface area contributed by atoms with Gasteiger partial charge >= 0.3 is 0 Å². The number of rotatable bonds is 5. The lowest BCUT2D eigenvalue weighted by Gasteiger charge is -2.34. The number of nitrogens with one attached hydrogen (secondary N) is 1. The van der Waals surface area contributed by atoms with Crippen LogP contribution < -0.4 is 10.1 Å². The van der Waals surface area contributed by atoms with Gasteiger partial charge in [0.2, 0.25) is 0 Å².